The van der Waals surface area contributed by atoms with Gasteiger partial charge < -0.3 is 5.32 Å². The van der Waals surface area contributed by atoms with Gasteiger partial charge in [0, 0.05) is 10.3 Å². The molecule has 0 unspecified atom stereocenters. The monoisotopic (exact) mass is 338 g/mol. The van der Waals surface area contributed by atoms with E-state index in [1.54, 1.807) is 0 Å². The smallest absolute Gasteiger partial charge is 0.321 e. The van der Waals surface area contributed by atoms with Gasteiger partial charge in [0.2, 0.25) is 5.91 Å². The molecule has 4 bridgehead atoms. The number of urea groups is 1. The van der Waals surface area contributed by atoms with Crippen molar-refractivity contribution in [1.82, 2.24) is 10.6 Å². The zero-order valence-corrected chi connectivity index (χ0v) is 15.6. The highest BCUT2D eigenvalue weighted by Gasteiger charge is 2.52. The molecule has 0 aliphatic heterocycles. The zero-order chi connectivity index (χ0) is 16.8. The first-order valence-electron chi connectivity index (χ1n) is 8.95. The lowest BCUT2D eigenvalue weighted by Gasteiger charge is -2.56. The maximum atomic E-state index is 12.4. The SMILES string of the molecule is C[C@H](SC12CC3CC(CC(C3)C1)C2)C(=O)NC(=O)NC(C)(C)C. The quantitative estimate of drug-likeness (QED) is 0.825. The Balaban J connectivity index is 1.55. The molecule has 0 saturated heterocycles. The molecule has 130 valence electrons. The predicted molar refractivity (Wildman–Crippen MR) is 94.4 cm³/mol. The third-order valence-corrected chi connectivity index (χ3v) is 7.07. The van der Waals surface area contributed by atoms with Gasteiger partial charge in [0.05, 0.1) is 5.25 Å². The number of nitrogens with one attached hydrogen (secondary N) is 2. The van der Waals surface area contributed by atoms with Gasteiger partial charge in [-0.15, -0.1) is 11.8 Å². The van der Waals surface area contributed by atoms with Crippen molar-refractivity contribution in [2.75, 3.05) is 0 Å². The molecule has 1 atom stereocenters. The molecule has 4 saturated carbocycles. The molecule has 0 radical (unpaired) electrons. The molecule has 5 heteroatoms. The number of imide groups is 1. The van der Waals surface area contributed by atoms with E-state index in [0.717, 1.165) is 17.8 Å². The first kappa shape index (κ1) is 17.1. The lowest BCUT2D eigenvalue weighted by molar-refractivity contribution is -0.119. The highest BCUT2D eigenvalue weighted by atomic mass is 32.2. The van der Waals surface area contributed by atoms with Crippen LogP contribution in [0.4, 0.5) is 4.79 Å². The molecule has 4 nitrogen and oxygen atoms in total. The summed E-state index contributed by atoms with van der Waals surface area (Å²) in [5.74, 6) is 2.49. The maximum absolute atomic E-state index is 12.4. The standard InChI is InChI=1S/C18H30N2O2S/c1-11(15(21)19-16(22)20-17(2,3)4)23-18-8-12-5-13(9-18)7-14(6-12)10-18/h11-14H,5-10H2,1-4H3,(H2,19,20,21,22)/t11-,12?,13?,14?,18?/m0/s1. The Labute approximate surface area is 143 Å². The largest absolute Gasteiger partial charge is 0.333 e. The van der Waals surface area contributed by atoms with Crippen LogP contribution in [-0.4, -0.2) is 27.5 Å². The summed E-state index contributed by atoms with van der Waals surface area (Å²) in [5.41, 5.74) is -0.333. The molecule has 0 spiro atoms. The van der Waals surface area contributed by atoms with Crippen LogP contribution in [-0.2, 0) is 4.79 Å². The third-order valence-electron chi connectivity index (χ3n) is 5.50. The molecular formula is C18H30N2O2S. The lowest BCUT2D eigenvalue weighted by atomic mass is 9.56. The molecular weight excluding hydrogens is 308 g/mol. The Hall–Kier alpha value is -0.710. The van der Waals surface area contributed by atoms with Crippen LogP contribution in [0.1, 0.15) is 66.2 Å². The van der Waals surface area contributed by atoms with E-state index in [9.17, 15) is 9.59 Å². The molecule has 0 aromatic carbocycles. The van der Waals surface area contributed by atoms with E-state index in [-0.39, 0.29) is 22.7 Å². The molecule has 4 fully saturated rings. The van der Waals surface area contributed by atoms with Crippen molar-refractivity contribution < 1.29 is 9.59 Å². The van der Waals surface area contributed by atoms with Gasteiger partial charge in [-0.25, -0.2) is 4.79 Å². The number of rotatable bonds is 3. The number of hydrogen-bond acceptors (Lipinski definition) is 3. The van der Waals surface area contributed by atoms with Crippen molar-refractivity contribution in [3.63, 3.8) is 0 Å². The van der Waals surface area contributed by atoms with Crippen molar-refractivity contribution in [2.45, 2.75) is 81.8 Å². The predicted octanol–water partition coefficient (Wildman–Crippen LogP) is 3.70. The number of amides is 3. The normalized spacial score (nSPS) is 36.6. The van der Waals surface area contributed by atoms with Crippen LogP contribution in [0.5, 0.6) is 0 Å². The van der Waals surface area contributed by atoms with Gasteiger partial charge >= 0.3 is 6.03 Å². The molecule has 23 heavy (non-hydrogen) atoms. The average Bonchev–Trinajstić information content (AvgIpc) is 2.33. The van der Waals surface area contributed by atoms with E-state index in [0.29, 0.717) is 4.75 Å². The van der Waals surface area contributed by atoms with Crippen molar-refractivity contribution in [1.29, 1.82) is 0 Å². The lowest BCUT2D eigenvalue weighted by Crippen LogP contribution is -2.52. The minimum atomic E-state index is -0.388. The number of thioether (sulfide) groups is 1. The van der Waals surface area contributed by atoms with Gasteiger partial charge in [0.1, 0.15) is 0 Å². The van der Waals surface area contributed by atoms with Gasteiger partial charge in [-0.3, -0.25) is 10.1 Å². The fourth-order valence-electron chi connectivity index (χ4n) is 5.19. The second-order valence-corrected chi connectivity index (χ2v) is 10.9. The van der Waals surface area contributed by atoms with E-state index in [2.05, 4.69) is 10.6 Å². The number of carbonyl (C=O) groups excluding carboxylic acids is 2. The van der Waals surface area contributed by atoms with Crippen molar-refractivity contribution >= 4 is 23.7 Å². The Morgan fingerprint density at radius 1 is 1.04 bits per heavy atom. The van der Waals surface area contributed by atoms with Gasteiger partial charge in [0.25, 0.3) is 0 Å². The average molecular weight is 339 g/mol. The van der Waals surface area contributed by atoms with Crippen LogP contribution in [0.25, 0.3) is 0 Å². The highest BCUT2D eigenvalue weighted by molar-refractivity contribution is 8.01. The summed E-state index contributed by atoms with van der Waals surface area (Å²) in [5, 5.41) is 5.12. The Bertz CT molecular complexity index is 462. The van der Waals surface area contributed by atoms with E-state index >= 15 is 0 Å². The van der Waals surface area contributed by atoms with Crippen LogP contribution < -0.4 is 10.6 Å². The van der Waals surface area contributed by atoms with E-state index in [1.165, 1.54) is 38.5 Å². The fraction of sp³-hybridized carbons (Fsp3) is 0.889. The molecule has 4 aliphatic carbocycles. The minimum absolute atomic E-state index is 0.160. The summed E-state index contributed by atoms with van der Waals surface area (Å²) in [7, 11) is 0. The zero-order valence-electron chi connectivity index (χ0n) is 14.8. The van der Waals surface area contributed by atoms with Crippen LogP contribution in [0.15, 0.2) is 0 Å². The molecule has 3 amide bonds. The molecule has 0 aromatic heterocycles. The first-order chi connectivity index (χ1) is 10.6. The summed E-state index contributed by atoms with van der Waals surface area (Å²) in [6, 6.07) is -0.388. The maximum Gasteiger partial charge on any atom is 0.321 e. The fourth-order valence-corrected chi connectivity index (χ4v) is 7.10. The molecule has 2 N–H and O–H groups in total. The van der Waals surface area contributed by atoms with Crippen molar-refractivity contribution in [3.8, 4) is 0 Å². The minimum Gasteiger partial charge on any atom is -0.333 e. The van der Waals surface area contributed by atoms with Gasteiger partial charge in [-0.05, 0) is 84.0 Å². The van der Waals surface area contributed by atoms with Crippen LogP contribution >= 0.6 is 11.8 Å². The summed E-state index contributed by atoms with van der Waals surface area (Å²) in [6.07, 6.45) is 8.05. The molecule has 4 rings (SSSR count). The van der Waals surface area contributed by atoms with E-state index < -0.39 is 0 Å². The Kier molecular flexibility index (Phi) is 4.45. The van der Waals surface area contributed by atoms with E-state index in [4.69, 9.17) is 0 Å². The topological polar surface area (TPSA) is 58.2 Å². The van der Waals surface area contributed by atoms with Gasteiger partial charge in [-0.2, -0.15) is 0 Å². The van der Waals surface area contributed by atoms with Crippen molar-refractivity contribution in [2.24, 2.45) is 17.8 Å². The summed E-state index contributed by atoms with van der Waals surface area (Å²) >= 11 is 1.83. The molecule has 0 aromatic rings. The highest BCUT2D eigenvalue weighted by Crippen LogP contribution is 2.61. The van der Waals surface area contributed by atoms with Crippen LogP contribution in [0.3, 0.4) is 0 Å². The van der Waals surface area contributed by atoms with Gasteiger partial charge in [-0.1, -0.05) is 0 Å². The Morgan fingerprint density at radius 2 is 1.52 bits per heavy atom. The second-order valence-electron chi connectivity index (χ2n) is 9.05. The summed E-state index contributed by atoms with van der Waals surface area (Å²) < 4.78 is 0.298. The number of carbonyl (C=O) groups is 2. The van der Waals surface area contributed by atoms with E-state index in [1.807, 2.05) is 39.5 Å². The third kappa shape index (κ3) is 4.04. The summed E-state index contributed by atoms with van der Waals surface area (Å²) in [4.78, 5) is 24.3. The van der Waals surface area contributed by atoms with Crippen LogP contribution in [0.2, 0.25) is 0 Å². The second kappa shape index (κ2) is 5.98. The van der Waals surface area contributed by atoms with Crippen LogP contribution in [0, 0.1) is 17.8 Å². The molecule has 4 aliphatic rings. The van der Waals surface area contributed by atoms with Gasteiger partial charge in [0.15, 0.2) is 0 Å². The summed E-state index contributed by atoms with van der Waals surface area (Å²) in [6.45, 7) is 7.67. The Morgan fingerprint density at radius 3 is 1.96 bits per heavy atom. The molecule has 0 heterocycles. The van der Waals surface area contributed by atoms with Crippen molar-refractivity contribution in [3.05, 3.63) is 0 Å². The first-order valence-corrected chi connectivity index (χ1v) is 9.83. The number of hydrogen-bond donors (Lipinski definition) is 2.